The number of aromatic nitrogens is 1. The first-order chi connectivity index (χ1) is 6.34. The van der Waals surface area contributed by atoms with Crippen LogP contribution in [0.3, 0.4) is 0 Å². The van der Waals surface area contributed by atoms with Crippen LogP contribution >= 0.6 is 0 Å². The maximum absolute atomic E-state index is 5.36. The molecule has 0 aromatic carbocycles. The smallest absolute Gasteiger partial charge is 0.292 e. The lowest BCUT2D eigenvalue weighted by Crippen LogP contribution is -2.24. The Labute approximate surface area is 77.5 Å². The minimum absolute atomic E-state index is 0.253. The van der Waals surface area contributed by atoms with Crippen LogP contribution in [-0.4, -0.2) is 11.0 Å². The van der Waals surface area contributed by atoms with Gasteiger partial charge in [-0.05, 0) is 12.8 Å². The molecule has 0 bridgehead atoms. The summed E-state index contributed by atoms with van der Waals surface area (Å²) in [6.45, 7) is 0.745. The quantitative estimate of drug-likeness (QED) is 0.737. The molecule has 1 heterocycles. The largest absolute Gasteiger partial charge is 0.428 e. The van der Waals surface area contributed by atoms with Gasteiger partial charge >= 0.3 is 0 Å². The van der Waals surface area contributed by atoms with Crippen LogP contribution < -0.4 is 11.1 Å². The topological polar surface area (TPSA) is 64.1 Å². The standard InChI is InChI=1S/C9H15N3O/c10-9-12-6-8(13-9)5-11-7-3-1-2-4-7/h6-7,11H,1-5H2,(H2,10,12). The monoisotopic (exact) mass is 181 g/mol. The van der Waals surface area contributed by atoms with Gasteiger partial charge in [0.25, 0.3) is 6.01 Å². The molecule has 3 N–H and O–H groups in total. The molecule has 1 aliphatic rings. The molecule has 1 saturated carbocycles. The molecule has 0 amide bonds. The van der Waals surface area contributed by atoms with Crippen LogP contribution in [0.1, 0.15) is 31.4 Å². The number of nitrogens with zero attached hydrogens (tertiary/aromatic N) is 1. The van der Waals surface area contributed by atoms with Crippen LogP contribution in [0.25, 0.3) is 0 Å². The highest BCUT2D eigenvalue weighted by molar-refractivity contribution is 5.10. The van der Waals surface area contributed by atoms with E-state index in [2.05, 4.69) is 10.3 Å². The van der Waals surface area contributed by atoms with Crippen LogP contribution in [0.4, 0.5) is 6.01 Å². The van der Waals surface area contributed by atoms with Crippen LogP contribution in [0.15, 0.2) is 10.6 Å². The highest BCUT2D eigenvalue weighted by Crippen LogP contribution is 2.18. The summed E-state index contributed by atoms with van der Waals surface area (Å²) in [5.41, 5.74) is 5.36. The van der Waals surface area contributed by atoms with Crippen LogP contribution in [0.2, 0.25) is 0 Å². The van der Waals surface area contributed by atoms with E-state index in [1.165, 1.54) is 25.7 Å². The van der Waals surface area contributed by atoms with Crippen LogP contribution in [-0.2, 0) is 6.54 Å². The molecule has 4 nitrogen and oxygen atoms in total. The second kappa shape index (κ2) is 3.79. The van der Waals surface area contributed by atoms with E-state index < -0.39 is 0 Å². The SMILES string of the molecule is Nc1ncc(CNC2CCCC2)o1. The Morgan fingerprint density at radius 2 is 2.31 bits per heavy atom. The first-order valence-corrected chi connectivity index (χ1v) is 4.78. The number of nitrogens with two attached hydrogens (primary N) is 1. The van der Waals surface area contributed by atoms with Gasteiger partial charge in [0, 0.05) is 6.04 Å². The number of rotatable bonds is 3. The summed E-state index contributed by atoms with van der Waals surface area (Å²) in [5, 5.41) is 3.42. The molecule has 4 heteroatoms. The van der Waals surface area contributed by atoms with Crippen molar-refractivity contribution in [3.05, 3.63) is 12.0 Å². The van der Waals surface area contributed by atoms with Gasteiger partial charge in [0.05, 0.1) is 12.7 Å². The summed E-state index contributed by atoms with van der Waals surface area (Å²) in [6.07, 6.45) is 6.93. The van der Waals surface area contributed by atoms with Gasteiger partial charge in [-0.1, -0.05) is 12.8 Å². The fraction of sp³-hybridized carbons (Fsp3) is 0.667. The zero-order chi connectivity index (χ0) is 9.10. The number of anilines is 1. The molecular weight excluding hydrogens is 166 g/mol. The fourth-order valence-corrected chi connectivity index (χ4v) is 1.78. The Morgan fingerprint density at radius 3 is 2.92 bits per heavy atom. The number of nitrogens with one attached hydrogen (secondary N) is 1. The van der Waals surface area contributed by atoms with Gasteiger partial charge in [-0.3, -0.25) is 0 Å². The normalized spacial score (nSPS) is 18.2. The van der Waals surface area contributed by atoms with Gasteiger partial charge in [0.2, 0.25) is 0 Å². The van der Waals surface area contributed by atoms with Gasteiger partial charge in [-0.15, -0.1) is 0 Å². The molecule has 2 rings (SSSR count). The van der Waals surface area contributed by atoms with Crippen molar-refractivity contribution in [3.63, 3.8) is 0 Å². The Kier molecular flexibility index (Phi) is 2.49. The van der Waals surface area contributed by atoms with E-state index in [0.717, 1.165) is 12.3 Å². The Morgan fingerprint density at radius 1 is 1.54 bits per heavy atom. The van der Waals surface area contributed by atoms with Gasteiger partial charge < -0.3 is 15.5 Å². The van der Waals surface area contributed by atoms with Gasteiger partial charge in [-0.25, -0.2) is 4.98 Å². The molecule has 0 spiro atoms. The minimum Gasteiger partial charge on any atom is -0.428 e. The summed E-state index contributed by atoms with van der Waals surface area (Å²) in [7, 11) is 0. The molecule has 1 aliphatic carbocycles. The summed E-state index contributed by atoms with van der Waals surface area (Å²) >= 11 is 0. The van der Waals surface area contributed by atoms with Crippen molar-refractivity contribution >= 4 is 6.01 Å². The lowest BCUT2D eigenvalue weighted by atomic mass is 10.2. The zero-order valence-corrected chi connectivity index (χ0v) is 7.62. The van der Waals surface area contributed by atoms with Gasteiger partial charge in [0.15, 0.2) is 0 Å². The van der Waals surface area contributed by atoms with Gasteiger partial charge in [0.1, 0.15) is 5.76 Å². The first-order valence-electron chi connectivity index (χ1n) is 4.78. The van der Waals surface area contributed by atoms with Crippen molar-refractivity contribution in [2.75, 3.05) is 5.73 Å². The molecule has 1 aromatic heterocycles. The average molecular weight is 181 g/mol. The lowest BCUT2D eigenvalue weighted by Gasteiger charge is -2.08. The van der Waals surface area contributed by atoms with Crippen molar-refractivity contribution in [2.45, 2.75) is 38.3 Å². The molecule has 1 fully saturated rings. The van der Waals surface area contributed by atoms with Crippen molar-refractivity contribution in [3.8, 4) is 0 Å². The Balaban J connectivity index is 1.78. The number of nitrogen functional groups attached to an aromatic ring is 1. The van der Waals surface area contributed by atoms with E-state index in [9.17, 15) is 0 Å². The number of hydrogen-bond donors (Lipinski definition) is 2. The highest BCUT2D eigenvalue weighted by Gasteiger charge is 2.14. The first kappa shape index (κ1) is 8.56. The lowest BCUT2D eigenvalue weighted by molar-refractivity contribution is 0.453. The third-order valence-corrected chi connectivity index (χ3v) is 2.49. The second-order valence-electron chi connectivity index (χ2n) is 3.53. The number of oxazole rings is 1. The average Bonchev–Trinajstić information content (AvgIpc) is 2.71. The molecule has 0 atom stereocenters. The maximum Gasteiger partial charge on any atom is 0.292 e. The molecule has 72 valence electrons. The van der Waals surface area contributed by atoms with E-state index in [1.807, 2.05) is 0 Å². The van der Waals surface area contributed by atoms with E-state index in [-0.39, 0.29) is 6.01 Å². The van der Waals surface area contributed by atoms with Crippen molar-refractivity contribution in [1.29, 1.82) is 0 Å². The molecule has 13 heavy (non-hydrogen) atoms. The fourth-order valence-electron chi connectivity index (χ4n) is 1.78. The van der Waals surface area contributed by atoms with E-state index in [0.29, 0.717) is 6.04 Å². The third kappa shape index (κ3) is 2.21. The summed E-state index contributed by atoms with van der Waals surface area (Å²) < 4.78 is 5.15. The predicted octanol–water partition coefficient (Wildman–Crippen LogP) is 1.29. The number of hydrogen-bond acceptors (Lipinski definition) is 4. The van der Waals surface area contributed by atoms with E-state index in [1.54, 1.807) is 6.20 Å². The Hall–Kier alpha value is -1.03. The summed E-state index contributed by atoms with van der Waals surface area (Å²) in [4.78, 5) is 3.83. The van der Waals surface area contributed by atoms with Crippen molar-refractivity contribution < 1.29 is 4.42 Å². The minimum atomic E-state index is 0.253. The molecular formula is C9H15N3O. The second-order valence-corrected chi connectivity index (χ2v) is 3.53. The summed E-state index contributed by atoms with van der Waals surface area (Å²) in [6, 6.07) is 0.912. The zero-order valence-electron chi connectivity index (χ0n) is 7.62. The van der Waals surface area contributed by atoms with E-state index in [4.69, 9.17) is 10.2 Å². The van der Waals surface area contributed by atoms with Crippen molar-refractivity contribution in [1.82, 2.24) is 10.3 Å². The van der Waals surface area contributed by atoms with Gasteiger partial charge in [-0.2, -0.15) is 0 Å². The molecule has 0 saturated heterocycles. The predicted molar refractivity (Wildman–Crippen MR) is 50.0 cm³/mol. The molecule has 1 aromatic rings. The molecule has 0 unspecified atom stereocenters. The third-order valence-electron chi connectivity index (χ3n) is 2.49. The molecule has 0 radical (unpaired) electrons. The summed E-state index contributed by atoms with van der Waals surface area (Å²) in [5.74, 6) is 0.824. The molecule has 0 aliphatic heterocycles. The van der Waals surface area contributed by atoms with E-state index >= 15 is 0 Å². The highest BCUT2D eigenvalue weighted by atomic mass is 16.4. The Bertz CT molecular complexity index is 266. The van der Waals surface area contributed by atoms with Crippen LogP contribution in [0, 0.1) is 0 Å². The van der Waals surface area contributed by atoms with Crippen molar-refractivity contribution in [2.24, 2.45) is 0 Å². The maximum atomic E-state index is 5.36. The van der Waals surface area contributed by atoms with Crippen LogP contribution in [0.5, 0.6) is 0 Å².